The molecule has 19 heavy (non-hydrogen) atoms. The summed E-state index contributed by atoms with van der Waals surface area (Å²) in [4.78, 5) is 16.3. The van der Waals surface area contributed by atoms with Gasteiger partial charge in [0.1, 0.15) is 11.6 Å². The first-order chi connectivity index (χ1) is 9.08. The van der Waals surface area contributed by atoms with Gasteiger partial charge in [-0.1, -0.05) is 13.8 Å². The van der Waals surface area contributed by atoms with Gasteiger partial charge in [0.05, 0.1) is 6.42 Å². The number of aromatic nitrogens is 2. The Balaban J connectivity index is 2.43. The van der Waals surface area contributed by atoms with Gasteiger partial charge >= 0.3 is 0 Å². The van der Waals surface area contributed by atoms with E-state index in [-0.39, 0.29) is 5.78 Å². The fourth-order valence-corrected chi connectivity index (χ4v) is 2.43. The minimum absolute atomic E-state index is 0.281. The van der Waals surface area contributed by atoms with Crippen LogP contribution in [0.5, 0.6) is 0 Å². The van der Waals surface area contributed by atoms with Crippen LogP contribution in [0.25, 0.3) is 0 Å². The number of rotatable bonds is 9. The number of carbonyl (C=O) groups excluding carboxylic acids is 1. The normalized spacial score (nSPS) is 12.9. The number of ketones is 1. The Kier molecular flexibility index (Phi) is 6.78. The molecule has 0 aliphatic carbocycles. The Bertz CT molecular complexity index is 384. The van der Waals surface area contributed by atoms with Gasteiger partial charge in [-0.15, -0.1) is 0 Å². The number of nitrogens with two attached hydrogens (primary N) is 1. The number of aryl methyl sites for hydroxylation is 1. The van der Waals surface area contributed by atoms with Gasteiger partial charge < -0.3 is 10.3 Å². The highest BCUT2D eigenvalue weighted by Gasteiger charge is 2.15. The minimum atomic E-state index is 0.281. The molecule has 0 radical (unpaired) electrons. The lowest BCUT2D eigenvalue weighted by Gasteiger charge is -2.19. The van der Waals surface area contributed by atoms with E-state index in [0.29, 0.717) is 31.2 Å². The Morgan fingerprint density at radius 3 is 2.74 bits per heavy atom. The van der Waals surface area contributed by atoms with Crippen LogP contribution in [0.2, 0.25) is 0 Å². The maximum absolute atomic E-state index is 12.0. The van der Waals surface area contributed by atoms with Gasteiger partial charge in [-0.3, -0.25) is 4.79 Å². The summed E-state index contributed by atoms with van der Waals surface area (Å²) in [5, 5.41) is 0. The lowest BCUT2D eigenvalue weighted by atomic mass is 9.87. The number of carbonyl (C=O) groups is 1. The SMILES string of the molecule is CCn1ccnc1CC(=O)CCC(CCN)C(C)C. The maximum Gasteiger partial charge on any atom is 0.140 e. The van der Waals surface area contributed by atoms with Crippen LogP contribution in [-0.2, 0) is 17.8 Å². The highest BCUT2D eigenvalue weighted by Crippen LogP contribution is 2.20. The van der Waals surface area contributed by atoms with Crippen LogP contribution < -0.4 is 5.73 Å². The molecule has 1 heterocycles. The van der Waals surface area contributed by atoms with E-state index in [1.54, 1.807) is 6.20 Å². The van der Waals surface area contributed by atoms with Crippen LogP contribution in [-0.4, -0.2) is 21.9 Å². The molecular weight excluding hydrogens is 238 g/mol. The first-order valence-corrected chi connectivity index (χ1v) is 7.30. The second kappa shape index (κ2) is 8.10. The van der Waals surface area contributed by atoms with Gasteiger partial charge in [-0.2, -0.15) is 0 Å². The number of nitrogens with zero attached hydrogens (tertiary/aromatic N) is 2. The Labute approximate surface area is 116 Å². The van der Waals surface area contributed by atoms with Gasteiger partial charge in [0, 0.05) is 25.4 Å². The van der Waals surface area contributed by atoms with Gasteiger partial charge in [0.2, 0.25) is 0 Å². The van der Waals surface area contributed by atoms with E-state index in [4.69, 9.17) is 5.73 Å². The average Bonchev–Trinajstić information content (AvgIpc) is 2.81. The lowest BCUT2D eigenvalue weighted by molar-refractivity contribution is -0.118. The highest BCUT2D eigenvalue weighted by molar-refractivity contribution is 5.80. The van der Waals surface area contributed by atoms with Crippen LogP contribution in [0, 0.1) is 11.8 Å². The molecule has 0 aromatic carbocycles. The van der Waals surface area contributed by atoms with Crippen molar-refractivity contribution in [2.75, 3.05) is 6.54 Å². The third-order valence-electron chi connectivity index (χ3n) is 3.77. The fourth-order valence-electron chi connectivity index (χ4n) is 2.43. The molecule has 108 valence electrons. The van der Waals surface area contributed by atoms with E-state index >= 15 is 0 Å². The monoisotopic (exact) mass is 265 g/mol. The maximum atomic E-state index is 12.0. The quantitative estimate of drug-likeness (QED) is 0.746. The number of hydrogen-bond acceptors (Lipinski definition) is 3. The third kappa shape index (κ3) is 5.15. The Hall–Kier alpha value is -1.16. The molecule has 1 atom stereocenters. The molecule has 0 saturated heterocycles. The van der Waals surface area contributed by atoms with Gasteiger partial charge in [-0.05, 0) is 38.1 Å². The predicted molar refractivity (Wildman–Crippen MR) is 77.8 cm³/mol. The summed E-state index contributed by atoms with van der Waals surface area (Å²) in [6, 6.07) is 0. The van der Waals surface area contributed by atoms with Crippen LogP contribution >= 0.6 is 0 Å². The third-order valence-corrected chi connectivity index (χ3v) is 3.77. The van der Waals surface area contributed by atoms with Crippen molar-refractivity contribution in [3.8, 4) is 0 Å². The lowest BCUT2D eigenvalue weighted by Crippen LogP contribution is -2.17. The standard InChI is InChI=1S/C15H27N3O/c1-4-18-10-9-17-15(18)11-14(19)6-5-13(7-8-16)12(2)3/h9-10,12-13H,4-8,11,16H2,1-3H3. The van der Waals surface area contributed by atoms with Crippen LogP contribution in [0.15, 0.2) is 12.4 Å². The van der Waals surface area contributed by atoms with Crippen molar-refractivity contribution in [1.82, 2.24) is 9.55 Å². The van der Waals surface area contributed by atoms with Gasteiger partial charge in [-0.25, -0.2) is 4.98 Å². The molecule has 0 aliphatic rings. The second-order valence-corrected chi connectivity index (χ2v) is 5.47. The molecule has 0 fully saturated rings. The molecule has 4 nitrogen and oxygen atoms in total. The van der Waals surface area contributed by atoms with E-state index in [1.807, 2.05) is 10.8 Å². The molecule has 1 aromatic rings. The van der Waals surface area contributed by atoms with Crippen molar-refractivity contribution in [3.05, 3.63) is 18.2 Å². The van der Waals surface area contributed by atoms with Crippen molar-refractivity contribution in [2.45, 2.75) is 53.0 Å². The van der Waals surface area contributed by atoms with E-state index in [9.17, 15) is 4.79 Å². The number of Topliss-reactive ketones (excluding diaryl/α,β-unsaturated/α-hetero) is 1. The summed E-state index contributed by atoms with van der Waals surface area (Å²) in [5.74, 6) is 2.31. The van der Waals surface area contributed by atoms with Gasteiger partial charge in [0.15, 0.2) is 0 Å². The van der Waals surface area contributed by atoms with Gasteiger partial charge in [0.25, 0.3) is 0 Å². The van der Waals surface area contributed by atoms with Crippen molar-refractivity contribution in [2.24, 2.45) is 17.6 Å². The largest absolute Gasteiger partial charge is 0.335 e. The summed E-state index contributed by atoms with van der Waals surface area (Å²) in [5.41, 5.74) is 5.62. The summed E-state index contributed by atoms with van der Waals surface area (Å²) in [7, 11) is 0. The zero-order valence-electron chi connectivity index (χ0n) is 12.4. The smallest absolute Gasteiger partial charge is 0.140 e. The minimum Gasteiger partial charge on any atom is -0.335 e. The van der Waals surface area contributed by atoms with Crippen LogP contribution in [0.1, 0.15) is 45.9 Å². The number of hydrogen-bond donors (Lipinski definition) is 1. The summed E-state index contributed by atoms with van der Waals surface area (Å²) in [6.07, 6.45) is 6.73. The van der Waals surface area contributed by atoms with Crippen molar-refractivity contribution < 1.29 is 4.79 Å². The number of imidazole rings is 1. The molecule has 1 rings (SSSR count). The Morgan fingerprint density at radius 1 is 1.42 bits per heavy atom. The zero-order chi connectivity index (χ0) is 14.3. The molecule has 2 N–H and O–H groups in total. The molecule has 4 heteroatoms. The second-order valence-electron chi connectivity index (χ2n) is 5.47. The fraction of sp³-hybridized carbons (Fsp3) is 0.733. The van der Waals surface area contributed by atoms with E-state index < -0.39 is 0 Å². The summed E-state index contributed by atoms with van der Waals surface area (Å²) >= 11 is 0. The van der Waals surface area contributed by atoms with E-state index in [1.165, 1.54) is 0 Å². The molecule has 0 bridgehead atoms. The van der Waals surface area contributed by atoms with E-state index in [2.05, 4.69) is 25.8 Å². The Morgan fingerprint density at radius 2 is 2.16 bits per heavy atom. The summed E-state index contributed by atoms with van der Waals surface area (Å²) < 4.78 is 2.03. The zero-order valence-corrected chi connectivity index (χ0v) is 12.4. The van der Waals surface area contributed by atoms with E-state index in [0.717, 1.165) is 25.2 Å². The van der Waals surface area contributed by atoms with Crippen LogP contribution in [0.3, 0.4) is 0 Å². The molecule has 0 spiro atoms. The average molecular weight is 265 g/mol. The first kappa shape index (κ1) is 15.9. The molecule has 1 aromatic heterocycles. The molecule has 0 amide bonds. The highest BCUT2D eigenvalue weighted by atomic mass is 16.1. The van der Waals surface area contributed by atoms with Crippen molar-refractivity contribution in [1.29, 1.82) is 0 Å². The van der Waals surface area contributed by atoms with Crippen molar-refractivity contribution >= 4 is 5.78 Å². The predicted octanol–water partition coefficient (Wildman–Crippen LogP) is 2.42. The molecule has 0 saturated carbocycles. The topological polar surface area (TPSA) is 60.9 Å². The van der Waals surface area contributed by atoms with Crippen LogP contribution in [0.4, 0.5) is 0 Å². The molecule has 1 unspecified atom stereocenters. The molecular formula is C15H27N3O. The van der Waals surface area contributed by atoms with Crippen molar-refractivity contribution in [3.63, 3.8) is 0 Å². The first-order valence-electron chi connectivity index (χ1n) is 7.30. The molecule has 0 aliphatic heterocycles. The summed E-state index contributed by atoms with van der Waals surface area (Å²) in [6.45, 7) is 8.04.